The van der Waals surface area contributed by atoms with Crippen molar-refractivity contribution in [1.82, 2.24) is 0 Å². The van der Waals surface area contributed by atoms with Crippen molar-refractivity contribution in [3.63, 3.8) is 0 Å². The quantitative estimate of drug-likeness (QED) is 0.311. The smallest absolute Gasteiger partial charge is 0.159 e. The van der Waals surface area contributed by atoms with Crippen LogP contribution in [-0.4, -0.2) is 17.1 Å². The third-order valence-electron chi connectivity index (χ3n) is 5.65. The van der Waals surface area contributed by atoms with Gasteiger partial charge in [-0.05, 0) is 75.4 Å². The van der Waals surface area contributed by atoms with Gasteiger partial charge in [-0.15, -0.1) is 0 Å². The number of hydrogen-bond donors (Lipinski definition) is 1. The highest BCUT2D eigenvalue weighted by atomic mass is 17.1. The fourth-order valence-electron chi connectivity index (χ4n) is 4.15. The van der Waals surface area contributed by atoms with E-state index in [0.717, 1.165) is 48.8 Å². The molecule has 0 saturated heterocycles. The lowest BCUT2D eigenvalue weighted by atomic mass is 9.72. The van der Waals surface area contributed by atoms with Crippen LogP contribution in [0, 0.1) is 11.3 Å². The molecule has 0 aromatic carbocycles. The summed E-state index contributed by atoms with van der Waals surface area (Å²) >= 11 is 0. The lowest BCUT2D eigenvalue weighted by Crippen LogP contribution is -2.23. The summed E-state index contributed by atoms with van der Waals surface area (Å²) in [6, 6.07) is 0. The van der Waals surface area contributed by atoms with Gasteiger partial charge in [-0.25, -0.2) is 4.89 Å². The lowest BCUT2D eigenvalue weighted by molar-refractivity contribution is -0.270. The molecule has 0 radical (unpaired) electrons. The summed E-state index contributed by atoms with van der Waals surface area (Å²) in [4.78, 5) is 17.2. The zero-order valence-corrected chi connectivity index (χ0v) is 14.9. The molecule has 0 bridgehead atoms. The molecule has 3 heteroatoms. The fourth-order valence-corrected chi connectivity index (χ4v) is 4.15. The Labute approximate surface area is 140 Å². The molecule has 3 nitrogen and oxygen atoms in total. The average molecular weight is 318 g/mol. The molecule has 0 heterocycles. The molecule has 23 heavy (non-hydrogen) atoms. The van der Waals surface area contributed by atoms with Crippen LogP contribution >= 0.6 is 0 Å². The van der Waals surface area contributed by atoms with Gasteiger partial charge in [0.15, 0.2) is 5.78 Å². The van der Waals surface area contributed by atoms with Gasteiger partial charge in [-0.1, -0.05) is 30.7 Å². The zero-order chi connectivity index (χ0) is 17.2. The van der Waals surface area contributed by atoms with Gasteiger partial charge in [-0.2, -0.15) is 0 Å². The molecular formula is C20H30O3. The van der Waals surface area contributed by atoms with E-state index in [1.54, 1.807) is 0 Å². The van der Waals surface area contributed by atoms with Crippen LogP contribution in [0.5, 0.6) is 0 Å². The second-order valence-electron chi connectivity index (χ2n) is 7.80. The Morgan fingerprint density at radius 2 is 2.04 bits per heavy atom. The Hall–Kier alpha value is -1.19. The van der Waals surface area contributed by atoms with Crippen LogP contribution in [0.25, 0.3) is 0 Å². The van der Waals surface area contributed by atoms with Crippen molar-refractivity contribution < 1.29 is 14.9 Å². The maximum Gasteiger partial charge on any atom is 0.159 e. The van der Waals surface area contributed by atoms with Crippen molar-refractivity contribution in [3.05, 3.63) is 34.9 Å². The molecule has 2 aliphatic rings. The first-order valence-electron chi connectivity index (χ1n) is 8.62. The molecule has 1 N–H and O–H groups in total. The molecule has 0 amide bonds. The van der Waals surface area contributed by atoms with E-state index in [-0.39, 0.29) is 17.4 Å². The van der Waals surface area contributed by atoms with Gasteiger partial charge >= 0.3 is 0 Å². The van der Waals surface area contributed by atoms with Crippen LogP contribution in [-0.2, 0) is 9.68 Å². The SMILES string of the molecule is C=C1CC[C@H]2C(=C(C)C)C(=O)C[C@]2(C)C/C=C(\C)CC[C@@H]1OO. The summed E-state index contributed by atoms with van der Waals surface area (Å²) in [7, 11) is 0. The fraction of sp³-hybridized carbons (Fsp3) is 0.650. The van der Waals surface area contributed by atoms with Crippen LogP contribution in [0.1, 0.15) is 66.2 Å². The highest BCUT2D eigenvalue weighted by Gasteiger charge is 2.46. The number of fused-ring (bicyclic) bond motifs is 1. The highest BCUT2D eigenvalue weighted by molar-refractivity contribution is 5.99. The molecule has 128 valence electrons. The van der Waals surface area contributed by atoms with E-state index in [2.05, 4.69) is 31.4 Å². The number of Topliss-reactive ketones (excluding diaryl/α,β-unsaturated/α-hetero) is 1. The van der Waals surface area contributed by atoms with Crippen molar-refractivity contribution >= 4 is 5.78 Å². The standard InChI is InChI=1S/C20H30O3/c1-13(2)19-16-8-7-15(4)18(23-22)9-6-14(3)10-11-20(16,5)12-17(19)21/h10,16,18,22H,4,6-9,11-12H2,1-3,5H3/b14-10+/t16-,18-,20-/m0/s1. The minimum Gasteiger partial charge on any atom is -0.295 e. The first-order chi connectivity index (χ1) is 10.8. The van der Waals surface area contributed by atoms with E-state index >= 15 is 0 Å². The predicted octanol–water partition coefficient (Wildman–Crippen LogP) is 5.24. The van der Waals surface area contributed by atoms with Crippen molar-refractivity contribution in [2.75, 3.05) is 0 Å². The minimum absolute atomic E-state index is 0.00879. The Bertz CT molecular complexity index is 551. The molecule has 3 atom stereocenters. The minimum atomic E-state index is -0.310. The van der Waals surface area contributed by atoms with Crippen LogP contribution < -0.4 is 0 Å². The summed E-state index contributed by atoms with van der Waals surface area (Å²) in [5.74, 6) is 0.569. The predicted molar refractivity (Wildman–Crippen MR) is 93.1 cm³/mol. The molecule has 0 spiro atoms. The largest absolute Gasteiger partial charge is 0.295 e. The molecule has 2 aliphatic carbocycles. The summed E-state index contributed by atoms with van der Waals surface area (Å²) in [5.41, 5.74) is 4.37. The molecule has 0 aromatic heterocycles. The Morgan fingerprint density at radius 1 is 1.35 bits per heavy atom. The van der Waals surface area contributed by atoms with Gasteiger partial charge in [0.1, 0.15) is 6.10 Å². The second-order valence-corrected chi connectivity index (χ2v) is 7.80. The van der Waals surface area contributed by atoms with E-state index in [9.17, 15) is 10.1 Å². The summed E-state index contributed by atoms with van der Waals surface area (Å²) in [5, 5.41) is 9.17. The van der Waals surface area contributed by atoms with Crippen molar-refractivity contribution in [3.8, 4) is 0 Å². The monoisotopic (exact) mass is 318 g/mol. The molecule has 2 rings (SSSR count). The van der Waals surface area contributed by atoms with Crippen molar-refractivity contribution in [2.24, 2.45) is 11.3 Å². The van der Waals surface area contributed by atoms with Gasteiger partial charge in [-0.3, -0.25) is 10.1 Å². The number of carbonyl (C=O) groups excluding carboxylic acids is 1. The van der Waals surface area contributed by atoms with Crippen LogP contribution in [0.4, 0.5) is 0 Å². The number of carbonyl (C=O) groups is 1. The van der Waals surface area contributed by atoms with E-state index in [0.29, 0.717) is 12.2 Å². The van der Waals surface area contributed by atoms with Crippen LogP contribution in [0.3, 0.4) is 0 Å². The molecular weight excluding hydrogens is 288 g/mol. The summed E-state index contributed by atoms with van der Waals surface area (Å²) in [6.45, 7) is 12.6. The second kappa shape index (κ2) is 7.14. The first kappa shape index (κ1) is 18.2. The van der Waals surface area contributed by atoms with Crippen LogP contribution in [0.15, 0.2) is 34.9 Å². The van der Waals surface area contributed by atoms with Gasteiger partial charge in [0, 0.05) is 6.42 Å². The molecule has 1 fully saturated rings. The number of hydrogen-bond acceptors (Lipinski definition) is 3. The van der Waals surface area contributed by atoms with E-state index in [4.69, 9.17) is 0 Å². The summed E-state index contributed by atoms with van der Waals surface area (Å²) in [6.07, 6.45) is 6.86. The normalized spacial score (nSPS) is 35.3. The van der Waals surface area contributed by atoms with Crippen molar-refractivity contribution in [2.45, 2.75) is 72.3 Å². The first-order valence-corrected chi connectivity index (χ1v) is 8.62. The zero-order valence-electron chi connectivity index (χ0n) is 14.9. The van der Waals surface area contributed by atoms with Gasteiger partial charge in [0.05, 0.1) is 0 Å². The van der Waals surface area contributed by atoms with E-state index in [1.807, 2.05) is 13.8 Å². The van der Waals surface area contributed by atoms with Crippen LogP contribution in [0.2, 0.25) is 0 Å². The third kappa shape index (κ3) is 3.84. The number of allylic oxidation sites excluding steroid dienone is 4. The molecule has 0 aromatic rings. The molecule has 0 aliphatic heterocycles. The molecule has 0 unspecified atom stereocenters. The topological polar surface area (TPSA) is 46.5 Å². The van der Waals surface area contributed by atoms with E-state index < -0.39 is 0 Å². The third-order valence-corrected chi connectivity index (χ3v) is 5.65. The van der Waals surface area contributed by atoms with E-state index in [1.165, 1.54) is 5.57 Å². The Morgan fingerprint density at radius 3 is 2.65 bits per heavy atom. The number of rotatable bonds is 1. The Kier molecular flexibility index (Phi) is 5.64. The number of ketones is 1. The Balaban J connectivity index is 2.38. The van der Waals surface area contributed by atoms with Crippen molar-refractivity contribution in [1.29, 1.82) is 0 Å². The van der Waals surface area contributed by atoms with Gasteiger partial charge in [0.25, 0.3) is 0 Å². The summed E-state index contributed by atoms with van der Waals surface area (Å²) < 4.78 is 0. The highest BCUT2D eigenvalue weighted by Crippen LogP contribution is 2.51. The lowest BCUT2D eigenvalue weighted by Gasteiger charge is -2.31. The van der Waals surface area contributed by atoms with Gasteiger partial charge in [0.2, 0.25) is 0 Å². The average Bonchev–Trinajstić information content (AvgIpc) is 2.73. The van der Waals surface area contributed by atoms with Gasteiger partial charge < -0.3 is 0 Å². The maximum absolute atomic E-state index is 12.6. The maximum atomic E-state index is 12.6. The molecule has 1 saturated carbocycles.